The van der Waals surface area contributed by atoms with Gasteiger partial charge in [-0.1, -0.05) is 103 Å². The predicted molar refractivity (Wildman–Crippen MR) is 158 cm³/mol. The summed E-state index contributed by atoms with van der Waals surface area (Å²) >= 11 is 0. The first kappa shape index (κ1) is 19.8. The Morgan fingerprint density at radius 3 is 1.89 bits per heavy atom. The molecule has 8 rings (SSSR count). The van der Waals surface area contributed by atoms with Crippen LogP contribution in [0.2, 0.25) is 0 Å². The van der Waals surface area contributed by atoms with Crippen molar-refractivity contribution in [2.45, 2.75) is 13.8 Å². The van der Waals surface area contributed by atoms with Gasteiger partial charge in [-0.15, -0.1) is 0 Å². The van der Waals surface area contributed by atoms with Crippen molar-refractivity contribution in [2.75, 3.05) is 0 Å². The molecule has 0 aliphatic rings. The van der Waals surface area contributed by atoms with Gasteiger partial charge in [0.1, 0.15) is 0 Å². The van der Waals surface area contributed by atoms with Gasteiger partial charge >= 0.3 is 0 Å². The molecule has 0 aromatic heterocycles. The lowest BCUT2D eigenvalue weighted by Crippen LogP contribution is -1.90. The second-order valence-corrected chi connectivity index (χ2v) is 10.3. The number of rotatable bonds is 1. The van der Waals surface area contributed by atoms with E-state index in [-0.39, 0.29) is 0 Å². The second-order valence-electron chi connectivity index (χ2n) is 10.3. The van der Waals surface area contributed by atoms with E-state index < -0.39 is 0 Å². The molecule has 8 aromatic rings. The molecule has 0 aliphatic heterocycles. The van der Waals surface area contributed by atoms with Gasteiger partial charge in [-0.25, -0.2) is 0 Å². The minimum atomic E-state index is 1.28. The first-order chi connectivity index (χ1) is 17.7. The van der Waals surface area contributed by atoms with Crippen molar-refractivity contribution in [1.29, 1.82) is 0 Å². The maximum atomic E-state index is 2.41. The molecular weight excluding hydrogens is 432 g/mol. The van der Waals surface area contributed by atoms with E-state index in [4.69, 9.17) is 0 Å². The van der Waals surface area contributed by atoms with Gasteiger partial charge in [0, 0.05) is 0 Å². The molecule has 0 bridgehead atoms. The van der Waals surface area contributed by atoms with Gasteiger partial charge < -0.3 is 0 Å². The first-order valence-electron chi connectivity index (χ1n) is 12.7. The molecule has 0 atom stereocenters. The van der Waals surface area contributed by atoms with Crippen LogP contribution in [0, 0.1) is 13.8 Å². The third-order valence-corrected chi connectivity index (χ3v) is 8.26. The summed E-state index contributed by atoms with van der Waals surface area (Å²) in [6.45, 7) is 4.45. The van der Waals surface area contributed by atoms with E-state index in [0.29, 0.717) is 0 Å². The number of hydrogen-bond donors (Lipinski definition) is 0. The largest absolute Gasteiger partial charge is 0.0616 e. The van der Waals surface area contributed by atoms with Crippen LogP contribution in [0.25, 0.3) is 75.8 Å². The molecule has 0 radical (unpaired) electrons. The molecular formula is C36H24. The Labute approximate surface area is 209 Å². The Balaban J connectivity index is 1.47. The van der Waals surface area contributed by atoms with Gasteiger partial charge in [0.25, 0.3) is 0 Å². The minimum Gasteiger partial charge on any atom is -0.0616 e. The Morgan fingerprint density at radius 2 is 1.00 bits per heavy atom. The molecule has 0 spiro atoms. The van der Waals surface area contributed by atoms with Crippen molar-refractivity contribution in [3.8, 4) is 11.1 Å². The van der Waals surface area contributed by atoms with E-state index in [1.807, 2.05) is 0 Å². The molecule has 0 saturated heterocycles. The van der Waals surface area contributed by atoms with Crippen LogP contribution in [-0.2, 0) is 0 Å². The zero-order valence-corrected chi connectivity index (χ0v) is 20.4. The van der Waals surface area contributed by atoms with Crippen LogP contribution in [0.1, 0.15) is 11.1 Å². The Hall–Kier alpha value is -4.42. The molecule has 0 heteroatoms. The lowest BCUT2D eigenvalue weighted by atomic mass is 9.87. The van der Waals surface area contributed by atoms with Crippen molar-refractivity contribution >= 4 is 64.6 Å². The smallest absolute Gasteiger partial charge is 0.00205 e. The highest BCUT2D eigenvalue weighted by Crippen LogP contribution is 2.42. The zero-order chi connectivity index (χ0) is 24.0. The topological polar surface area (TPSA) is 0 Å². The lowest BCUT2D eigenvalue weighted by molar-refractivity contribution is 1.55. The van der Waals surface area contributed by atoms with E-state index in [2.05, 4.69) is 123 Å². The fourth-order valence-electron chi connectivity index (χ4n) is 6.46. The van der Waals surface area contributed by atoms with E-state index >= 15 is 0 Å². The van der Waals surface area contributed by atoms with Crippen LogP contribution in [0.15, 0.2) is 109 Å². The van der Waals surface area contributed by atoms with Gasteiger partial charge in [-0.05, 0) is 107 Å². The maximum absolute atomic E-state index is 2.41. The van der Waals surface area contributed by atoms with Crippen molar-refractivity contribution in [3.05, 3.63) is 120 Å². The van der Waals surface area contributed by atoms with Crippen LogP contribution in [0.3, 0.4) is 0 Å². The third kappa shape index (κ3) is 2.59. The van der Waals surface area contributed by atoms with Gasteiger partial charge in [-0.3, -0.25) is 0 Å². The zero-order valence-electron chi connectivity index (χ0n) is 20.4. The van der Waals surface area contributed by atoms with Gasteiger partial charge in [0.2, 0.25) is 0 Å². The van der Waals surface area contributed by atoms with E-state index in [0.717, 1.165) is 0 Å². The fourth-order valence-corrected chi connectivity index (χ4v) is 6.46. The SMILES string of the molecule is Cc1cc2c3ccccc3ccc2c2cc(-c3ccc4ccc5ccc(C)c6ccc3c4c56)ccc12. The van der Waals surface area contributed by atoms with E-state index in [1.54, 1.807) is 0 Å². The molecule has 0 N–H and O–H groups in total. The number of benzene rings is 8. The molecule has 0 fully saturated rings. The standard InChI is InChI=1S/C36H24/c1-21-7-8-24-9-10-25-12-15-30(32-18-17-28(21)35(24)36(25)32)26-13-14-27-22(2)19-33-29-6-4-3-5-23(29)11-16-31(33)34(27)20-26/h3-20H,1-2H3. The summed E-state index contributed by atoms with van der Waals surface area (Å²) in [7, 11) is 0. The average molecular weight is 457 g/mol. The lowest BCUT2D eigenvalue weighted by Gasteiger charge is -2.16. The highest BCUT2D eigenvalue weighted by Gasteiger charge is 2.14. The van der Waals surface area contributed by atoms with E-state index in [1.165, 1.54) is 86.9 Å². The van der Waals surface area contributed by atoms with Gasteiger partial charge in [0.15, 0.2) is 0 Å². The first-order valence-corrected chi connectivity index (χ1v) is 12.7. The molecule has 0 nitrogen and oxygen atoms in total. The number of aryl methyl sites for hydroxylation is 2. The Morgan fingerprint density at radius 1 is 0.361 bits per heavy atom. The normalized spacial score (nSPS) is 12.2. The monoisotopic (exact) mass is 456 g/mol. The molecule has 168 valence electrons. The van der Waals surface area contributed by atoms with Gasteiger partial charge in [-0.2, -0.15) is 0 Å². The average Bonchev–Trinajstić information content (AvgIpc) is 2.92. The molecule has 0 saturated carbocycles. The third-order valence-electron chi connectivity index (χ3n) is 8.26. The minimum absolute atomic E-state index is 1.28. The summed E-state index contributed by atoms with van der Waals surface area (Å²) in [4.78, 5) is 0. The summed E-state index contributed by atoms with van der Waals surface area (Å²) in [5, 5.41) is 16.0. The van der Waals surface area contributed by atoms with E-state index in [9.17, 15) is 0 Å². The maximum Gasteiger partial charge on any atom is -0.00205 e. The summed E-state index contributed by atoms with van der Waals surface area (Å²) in [6.07, 6.45) is 0. The summed E-state index contributed by atoms with van der Waals surface area (Å²) in [5.41, 5.74) is 5.24. The summed E-state index contributed by atoms with van der Waals surface area (Å²) in [5.74, 6) is 0. The van der Waals surface area contributed by atoms with Crippen LogP contribution in [0.5, 0.6) is 0 Å². The van der Waals surface area contributed by atoms with Crippen LogP contribution in [0.4, 0.5) is 0 Å². The molecule has 36 heavy (non-hydrogen) atoms. The fraction of sp³-hybridized carbons (Fsp3) is 0.0556. The second kappa shape index (κ2) is 7.06. The highest BCUT2D eigenvalue weighted by molar-refractivity contribution is 6.26. The molecule has 0 amide bonds. The quantitative estimate of drug-likeness (QED) is 0.216. The van der Waals surface area contributed by atoms with Crippen molar-refractivity contribution in [3.63, 3.8) is 0 Å². The van der Waals surface area contributed by atoms with Gasteiger partial charge in [0.05, 0.1) is 0 Å². The Bertz CT molecular complexity index is 2160. The van der Waals surface area contributed by atoms with Crippen LogP contribution < -0.4 is 0 Å². The summed E-state index contributed by atoms with van der Waals surface area (Å²) < 4.78 is 0. The van der Waals surface area contributed by atoms with Crippen LogP contribution in [-0.4, -0.2) is 0 Å². The Kier molecular flexibility index (Phi) is 3.89. The van der Waals surface area contributed by atoms with Crippen molar-refractivity contribution in [2.24, 2.45) is 0 Å². The molecule has 0 heterocycles. The molecule has 8 aromatic carbocycles. The highest BCUT2D eigenvalue weighted by atomic mass is 14.2. The van der Waals surface area contributed by atoms with Crippen LogP contribution >= 0.6 is 0 Å². The number of fused-ring (bicyclic) bond motifs is 5. The number of hydrogen-bond acceptors (Lipinski definition) is 0. The van der Waals surface area contributed by atoms with Crippen molar-refractivity contribution in [1.82, 2.24) is 0 Å². The molecule has 0 aliphatic carbocycles. The van der Waals surface area contributed by atoms with Crippen molar-refractivity contribution < 1.29 is 0 Å². The predicted octanol–water partition coefficient (Wildman–Crippen LogP) is 10.3. The summed E-state index contributed by atoms with van der Waals surface area (Å²) in [6, 6.07) is 41.0. The molecule has 0 unspecified atom stereocenters.